The van der Waals surface area contributed by atoms with Crippen molar-refractivity contribution in [3.63, 3.8) is 0 Å². The standard InChI is InChI=1S/C20H22N4O4.ClH/c1-12-4-6-13(7-5-12)20(2)18(26)24(19(27)23-20)11-17(25)22-14-8-9-16(28-3)15(21)10-14;/h4-10H,11,21H2,1-3H3,(H,22,25)(H,23,27);1H. The molecule has 9 heteroatoms. The second-order valence-corrected chi connectivity index (χ2v) is 6.82. The third-order valence-corrected chi connectivity index (χ3v) is 4.72. The Hall–Kier alpha value is -3.26. The molecule has 1 aliphatic rings. The van der Waals surface area contributed by atoms with Gasteiger partial charge in [0, 0.05) is 5.69 Å². The van der Waals surface area contributed by atoms with E-state index >= 15 is 0 Å². The Kier molecular flexibility index (Phi) is 6.38. The molecule has 0 aromatic heterocycles. The molecule has 29 heavy (non-hydrogen) atoms. The molecular formula is C20H23ClN4O4. The van der Waals surface area contributed by atoms with Crippen molar-refractivity contribution in [3.05, 3.63) is 53.6 Å². The molecule has 0 bridgehead atoms. The van der Waals surface area contributed by atoms with E-state index in [0.717, 1.165) is 10.5 Å². The highest BCUT2D eigenvalue weighted by Crippen LogP contribution is 2.29. The second kappa shape index (κ2) is 8.40. The van der Waals surface area contributed by atoms with E-state index < -0.39 is 29.9 Å². The van der Waals surface area contributed by atoms with Crippen LogP contribution < -0.4 is 21.1 Å². The van der Waals surface area contributed by atoms with Gasteiger partial charge in [0.15, 0.2) is 0 Å². The van der Waals surface area contributed by atoms with Crippen LogP contribution in [-0.2, 0) is 15.1 Å². The monoisotopic (exact) mass is 418 g/mol. The number of nitrogens with two attached hydrogens (primary N) is 1. The van der Waals surface area contributed by atoms with Gasteiger partial charge in [-0.05, 0) is 37.6 Å². The smallest absolute Gasteiger partial charge is 0.325 e. The van der Waals surface area contributed by atoms with Gasteiger partial charge in [-0.25, -0.2) is 4.79 Å². The van der Waals surface area contributed by atoms with E-state index in [0.29, 0.717) is 22.7 Å². The topological polar surface area (TPSA) is 114 Å². The Morgan fingerprint density at radius 1 is 1.21 bits per heavy atom. The number of nitrogen functional groups attached to an aromatic ring is 1. The molecule has 8 nitrogen and oxygen atoms in total. The maximum absolute atomic E-state index is 12.9. The van der Waals surface area contributed by atoms with Crippen molar-refractivity contribution in [3.8, 4) is 5.75 Å². The molecule has 2 aromatic rings. The van der Waals surface area contributed by atoms with Crippen molar-refractivity contribution in [2.45, 2.75) is 19.4 Å². The summed E-state index contributed by atoms with van der Waals surface area (Å²) in [7, 11) is 1.49. The number of imide groups is 1. The maximum Gasteiger partial charge on any atom is 0.325 e. The van der Waals surface area contributed by atoms with Crippen LogP contribution in [-0.4, -0.2) is 36.4 Å². The van der Waals surface area contributed by atoms with Gasteiger partial charge in [0.25, 0.3) is 5.91 Å². The summed E-state index contributed by atoms with van der Waals surface area (Å²) in [6.07, 6.45) is 0. The molecule has 1 fully saturated rings. The number of benzene rings is 2. The molecule has 2 aromatic carbocycles. The lowest BCUT2D eigenvalue weighted by Gasteiger charge is -2.22. The van der Waals surface area contributed by atoms with Crippen LogP contribution in [0, 0.1) is 6.92 Å². The minimum Gasteiger partial charge on any atom is -0.495 e. The van der Waals surface area contributed by atoms with E-state index in [2.05, 4.69) is 10.6 Å². The van der Waals surface area contributed by atoms with Crippen LogP contribution in [0.3, 0.4) is 0 Å². The number of ether oxygens (including phenoxy) is 1. The number of halogens is 1. The first-order valence-electron chi connectivity index (χ1n) is 8.69. The lowest BCUT2D eigenvalue weighted by molar-refractivity contribution is -0.133. The largest absolute Gasteiger partial charge is 0.495 e. The predicted octanol–water partition coefficient (Wildman–Crippen LogP) is 2.41. The number of carbonyl (C=O) groups is 3. The molecule has 1 saturated heterocycles. The molecule has 1 atom stereocenters. The molecule has 1 unspecified atom stereocenters. The molecule has 0 saturated carbocycles. The maximum atomic E-state index is 12.9. The Morgan fingerprint density at radius 2 is 1.86 bits per heavy atom. The van der Waals surface area contributed by atoms with E-state index in [1.807, 2.05) is 19.1 Å². The number of hydrogen-bond donors (Lipinski definition) is 3. The van der Waals surface area contributed by atoms with Crippen LogP contribution in [0.4, 0.5) is 16.2 Å². The van der Waals surface area contributed by atoms with Crippen molar-refractivity contribution in [2.24, 2.45) is 0 Å². The predicted molar refractivity (Wildman–Crippen MR) is 112 cm³/mol. The molecule has 0 spiro atoms. The minimum atomic E-state index is -1.21. The number of hydrogen-bond acceptors (Lipinski definition) is 5. The summed E-state index contributed by atoms with van der Waals surface area (Å²) in [5.41, 5.74) is 7.11. The first-order chi connectivity index (χ1) is 13.2. The van der Waals surface area contributed by atoms with Gasteiger partial charge in [0.1, 0.15) is 17.8 Å². The normalized spacial score (nSPS) is 18.1. The average molecular weight is 419 g/mol. The van der Waals surface area contributed by atoms with Gasteiger partial charge in [-0.15, -0.1) is 12.4 Å². The third kappa shape index (κ3) is 4.27. The fourth-order valence-corrected chi connectivity index (χ4v) is 3.08. The van der Waals surface area contributed by atoms with Gasteiger partial charge in [0.2, 0.25) is 5.91 Å². The molecule has 3 rings (SSSR count). The summed E-state index contributed by atoms with van der Waals surface area (Å²) < 4.78 is 5.07. The van der Waals surface area contributed by atoms with Crippen molar-refractivity contribution in [1.82, 2.24) is 10.2 Å². The Balaban J connectivity index is 0.00000300. The van der Waals surface area contributed by atoms with Gasteiger partial charge >= 0.3 is 6.03 Å². The number of carbonyl (C=O) groups excluding carboxylic acids is 3. The molecule has 1 heterocycles. The lowest BCUT2D eigenvalue weighted by atomic mass is 9.91. The molecule has 0 aliphatic carbocycles. The number of nitrogens with one attached hydrogen (secondary N) is 2. The molecule has 4 N–H and O–H groups in total. The SMILES string of the molecule is COc1ccc(NC(=O)CN2C(=O)NC(C)(c3ccc(C)cc3)C2=O)cc1N.Cl. The quantitative estimate of drug-likeness (QED) is 0.509. The summed E-state index contributed by atoms with van der Waals surface area (Å²) in [6.45, 7) is 3.15. The minimum absolute atomic E-state index is 0. The van der Waals surface area contributed by atoms with Crippen molar-refractivity contribution < 1.29 is 19.1 Å². The number of urea groups is 1. The van der Waals surface area contributed by atoms with Crippen LogP contribution in [0.2, 0.25) is 0 Å². The molecule has 4 amide bonds. The van der Waals surface area contributed by atoms with E-state index in [-0.39, 0.29) is 12.4 Å². The van der Waals surface area contributed by atoms with Gasteiger partial charge < -0.3 is 21.1 Å². The molecule has 0 radical (unpaired) electrons. The first-order valence-corrected chi connectivity index (χ1v) is 8.69. The average Bonchev–Trinajstić information content (AvgIpc) is 2.86. The number of methoxy groups -OCH3 is 1. The van der Waals surface area contributed by atoms with E-state index in [4.69, 9.17) is 10.5 Å². The number of rotatable bonds is 5. The zero-order valence-corrected chi connectivity index (χ0v) is 17.1. The van der Waals surface area contributed by atoms with E-state index in [1.165, 1.54) is 7.11 Å². The van der Waals surface area contributed by atoms with Gasteiger partial charge in [-0.2, -0.15) is 0 Å². The van der Waals surface area contributed by atoms with Crippen LogP contribution in [0.25, 0.3) is 0 Å². The highest BCUT2D eigenvalue weighted by atomic mass is 35.5. The summed E-state index contributed by atoms with van der Waals surface area (Å²) >= 11 is 0. The number of amides is 4. The summed E-state index contributed by atoms with van der Waals surface area (Å²) in [5.74, 6) is -0.507. The van der Waals surface area contributed by atoms with Gasteiger partial charge in [-0.3, -0.25) is 14.5 Å². The Morgan fingerprint density at radius 3 is 2.45 bits per heavy atom. The van der Waals surface area contributed by atoms with Gasteiger partial charge in [-0.1, -0.05) is 29.8 Å². The van der Waals surface area contributed by atoms with Gasteiger partial charge in [0.05, 0.1) is 12.8 Å². The van der Waals surface area contributed by atoms with Crippen molar-refractivity contribution >= 4 is 41.6 Å². The number of aryl methyl sites for hydroxylation is 1. The first kappa shape index (κ1) is 22.0. The van der Waals surface area contributed by atoms with Crippen molar-refractivity contribution in [2.75, 3.05) is 24.7 Å². The number of nitrogens with zero attached hydrogens (tertiary/aromatic N) is 1. The molecular weight excluding hydrogens is 396 g/mol. The fraction of sp³-hybridized carbons (Fsp3) is 0.250. The van der Waals surface area contributed by atoms with E-state index in [1.54, 1.807) is 37.3 Å². The zero-order chi connectivity index (χ0) is 20.5. The summed E-state index contributed by atoms with van der Waals surface area (Å²) in [4.78, 5) is 38.5. The summed E-state index contributed by atoms with van der Waals surface area (Å²) in [5, 5.41) is 5.31. The zero-order valence-electron chi connectivity index (χ0n) is 16.3. The van der Waals surface area contributed by atoms with Crippen LogP contribution in [0.1, 0.15) is 18.1 Å². The number of anilines is 2. The third-order valence-electron chi connectivity index (χ3n) is 4.72. The lowest BCUT2D eigenvalue weighted by Crippen LogP contribution is -2.42. The Bertz CT molecular complexity index is 948. The second-order valence-electron chi connectivity index (χ2n) is 6.82. The summed E-state index contributed by atoms with van der Waals surface area (Å²) in [6, 6.07) is 11.5. The van der Waals surface area contributed by atoms with E-state index in [9.17, 15) is 14.4 Å². The Labute approximate surface area is 174 Å². The fourth-order valence-electron chi connectivity index (χ4n) is 3.08. The highest BCUT2D eigenvalue weighted by Gasteiger charge is 2.49. The van der Waals surface area contributed by atoms with Crippen LogP contribution in [0.5, 0.6) is 5.75 Å². The van der Waals surface area contributed by atoms with Crippen LogP contribution in [0.15, 0.2) is 42.5 Å². The van der Waals surface area contributed by atoms with Crippen LogP contribution >= 0.6 is 12.4 Å². The van der Waals surface area contributed by atoms with Crippen molar-refractivity contribution in [1.29, 1.82) is 0 Å². The molecule has 154 valence electrons. The molecule has 1 aliphatic heterocycles. The highest BCUT2D eigenvalue weighted by molar-refractivity contribution is 6.10.